The lowest BCUT2D eigenvalue weighted by Gasteiger charge is -2.16. The summed E-state index contributed by atoms with van der Waals surface area (Å²) in [6, 6.07) is 6.63. The Kier molecular flexibility index (Phi) is 14.3. The van der Waals surface area contributed by atoms with Crippen LogP contribution in [0.4, 0.5) is 0 Å². The quantitative estimate of drug-likeness (QED) is 0.220. The number of benzene rings is 1. The summed E-state index contributed by atoms with van der Waals surface area (Å²) in [7, 11) is 1.60. The number of hydrogen-bond acceptors (Lipinski definition) is 3. The van der Waals surface area contributed by atoms with E-state index in [0.717, 1.165) is 12.8 Å². The standard InChI is InChI=1S/C24H38ClNO3/c1-3-4-5-6-7-8-9-10-11-12-13-14-19-29-23(27)20-26(2)24(28)21-15-17-22(25)18-16-21/h15-18H,3-14,19-20H2,1-2H3. The molecule has 5 heteroatoms. The fourth-order valence-electron chi connectivity index (χ4n) is 3.25. The van der Waals surface area contributed by atoms with Crippen molar-refractivity contribution in [3.05, 3.63) is 34.9 Å². The Morgan fingerprint density at radius 1 is 0.828 bits per heavy atom. The van der Waals surface area contributed by atoms with Crippen LogP contribution < -0.4 is 0 Å². The van der Waals surface area contributed by atoms with Crippen LogP contribution in [0.2, 0.25) is 5.02 Å². The number of nitrogens with zero attached hydrogens (tertiary/aromatic N) is 1. The average Bonchev–Trinajstić information content (AvgIpc) is 2.71. The van der Waals surface area contributed by atoms with E-state index in [2.05, 4.69) is 6.92 Å². The second-order valence-electron chi connectivity index (χ2n) is 7.78. The lowest BCUT2D eigenvalue weighted by atomic mass is 10.1. The highest BCUT2D eigenvalue weighted by atomic mass is 35.5. The summed E-state index contributed by atoms with van der Waals surface area (Å²) in [6.07, 6.45) is 15.3. The maximum absolute atomic E-state index is 12.3. The van der Waals surface area contributed by atoms with Crippen molar-refractivity contribution in [2.75, 3.05) is 20.2 Å². The topological polar surface area (TPSA) is 46.6 Å². The summed E-state index contributed by atoms with van der Waals surface area (Å²) in [5.41, 5.74) is 0.505. The minimum Gasteiger partial charge on any atom is -0.464 e. The number of rotatable bonds is 16. The van der Waals surface area contributed by atoms with Crippen molar-refractivity contribution in [3.63, 3.8) is 0 Å². The lowest BCUT2D eigenvalue weighted by Crippen LogP contribution is -2.33. The number of ether oxygens (including phenoxy) is 1. The molecule has 0 aliphatic heterocycles. The maximum atomic E-state index is 12.3. The van der Waals surface area contributed by atoms with Crippen molar-refractivity contribution >= 4 is 23.5 Å². The molecule has 0 aliphatic rings. The van der Waals surface area contributed by atoms with Crippen LogP contribution in [0.15, 0.2) is 24.3 Å². The molecule has 164 valence electrons. The molecule has 0 spiro atoms. The molecule has 1 aromatic rings. The van der Waals surface area contributed by atoms with Crippen LogP contribution in [0.5, 0.6) is 0 Å². The monoisotopic (exact) mass is 423 g/mol. The highest BCUT2D eigenvalue weighted by Gasteiger charge is 2.15. The Hall–Kier alpha value is -1.55. The Labute approximate surface area is 182 Å². The molecule has 0 bridgehead atoms. The number of carbonyl (C=O) groups excluding carboxylic acids is 2. The second kappa shape index (κ2) is 16.3. The molecule has 0 saturated carbocycles. The first-order valence-corrected chi connectivity index (χ1v) is 11.6. The van der Waals surface area contributed by atoms with Crippen molar-refractivity contribution in [1.82, 2.24) is 4.90 Å². The first kappa shape index (κ1) is 25.5. The minimum atomic E-state index is -0.363. The smallest absolute Gasteiger partial charge is 0.325 e. The van der Waals surface area contributed by atoms with Gasteiger partial charge in [-0.25, -0.2) is 0 Å². The molecule has 1 aromatic carbocycles. The summed E-state index contributed by atoms with van der Waals surface area (Å²) >= 11 is 5.83. The summed E-state index contributed by atoms with van der Waals surface area (Å²) in [4.78, 5) is 25.5. The fourth-order valence-corrected chi connectivity index (χ4v) is 3.38. The third kappa shape index (κ3) is 12.6. The number of unbranched alkanes of at least 4 members (excludes halogenated alkanes) is 11. The van der Waals surface area contributed by atoms with Crippen LogP contribution >= 0.6 is 11.6 Å². The molecule has 0 fully saturated rings. The Balaban J connectivity index is 1.98. The molecular formula is C24H38ClNO3. The zero-order valence-corrected chi connectivity index (χ0v) is 19.0. The van der Waals surface area contributed by atoms with Gasteiger partial charge in [0, 0.05) is 17.6 Å². The SMILES string of the molecule is CCCCCCCCCCCCCCOC(=O)CN(C)C(=O)c1ccc(Cl)cc1. The van der Waals surface area contributed by atoms with Gasteiger partial charge < -0.3 is 9.64 Å². The van der Waals surface area contributed by atoms with E-state index in [1.165, 1.54) is 69.1 Å². The highest BCUT2D eigenvalue weighted by Crippen LogP contribution is 2.13. The Morgan fingerprint density at radius 2 is 1.31 bits per heavy atom. The molecule has 0 saturated heterocycles. The predicted molar refractivity (Wildman–Crippen MR) is 120 cm³/mol. The van der Waals surface area contributed by atoms with E-state index in [4.69, 9.17) is 16.3 Å². The van der Waals surface area contributed by atoms with Gasteiger partial charge in [-0.3, -0.25) is 9.59 Å². The van der Waals surface area contributed by atoms with Gasteiger partial charge in [-0.05, 0) is 30.7 Å². The number of esters is 1. The number of likely N-dealkylation sites (N-methyl/N-ethyl adjacent to an activating group) is 1. The van der Waals surface area contributed by atoms with E-state index in [1.54, 1.807) is 31.3 Å². The molecule has 0 aromatic heterocycles. The van der Waals surface area contributed by atoms with Crippen LogP contribution in [0, 0.1) is 0 Å². The van der Waals surface area contributed by atoms with E-state index in [-0.39, 0.29) is 18.4 Å². The van der Waals surface area contributed by atoms with Crippen LogP contribution in [0.3, 0.4) is 0 Å². The Bertz CT molecular complexity index is 574. The van der Waals surface area contributed by atoms with Gasteiger partial charge in [-0.15, -0.1) is 0 Å². The summed E-state index contributed by atoms with van der Waals surface area (Å²) in [6.45, 7) is 2.64. The maximum Gasteiger partial charge on any atom is 0.325 e. The first-order chi connectivity index (χ1) is 14.0. The van der Waals surface area contributed by atoms with Gasteiger partial charge in [0.1, 0.15) is 6.54 Å². The molecule has 0 radical (unpaired) electrons. The third-order valence-electron chi connectivity index (χ3n) is 5.07. The van der Waals surface area contributed by atoms with Crippen molar-refractivity contribution in [2.24, 2.45) is 0 Å². The molecule has 29 heavy (non-hydrogen) atoms. The minimum absolute atomic E-state index is 0.0419. The molecular weight excluding hydrogens is 386 g/mol. The van der Waals surface area contributed by atoms with Gasteiger partial charge in [0.25, 0.3) is 5.91 Å². The van der Waals surface area contributed by atoms with Gasteiger partial charge in [-0.1, -0.05) is 89.2 Å². The highest BCUT2D eigenvalue weighted by molar-refractivity contribution is 6.30. The van der Waals surface area contributed by atoms with Crippen LogP contribution in [0.1, 0.15) is 94.3 Å². The van der Waals surface area contributed by atoms with Crippen LogP contribution in [0.25, 0.3) is 0 Å². The van der Waals surface area contributed by atoms with E-state index >= 15 is 0 Å². The second-order valence-corrected chi connectivity index (χ2v) is 8.21. The first-order valence-electron chi connectivity index (χ1n) is 11.2. The van der Waals surface area contributed by atoms with Crippen molar-refractivity contribution in [3.8, 4) is 0 Å². The Morgan fingerprint density at radius 3 is 1.83 bits per heavy atom. The average molecular weight is 424 g/mol. The molecule has 0 N–H and O–H groups in total. The van der Waals surface area contributed by atoms with Crippen molar-refractivity contribution < 1.29 is 14.3 Å². The predicted octanol–water partition coefficient (Wildman–Crippen LogP) is 6.66. The van der Waals surface area contributed by atoms with Gasteiger partial charge in [0.15, 0.2) is 0 Å². The summed E-state index contributed by atoms with van der Waals surface area (Å²) < 4.78 is 5.26. The van der Waals surface area contributed by atoms with E-state index < -0.39 is 0 Å². The lowest BCUT2D eigenvalue weighted by molar-refractivity contribution is -0.144. The van der Waals surface area contributed by atoms with Gasteiger partial charge in [0.05, 0.1) is 6.61 Å². The van der Waals surface area contributed by atoms with E-state index in [1.807, 2.05) is 0 Å². The molecule has 0 heterocycles. The summed E-state index contributed by atoms with van der Waals surface area (Å²) in [5, 5.41) is 0.575. The van der Waals surface area contributed by atoms with Crippen LogP contribution in [-0.2, 0) is 9.53 Å². The zero-order valence-electron chi connectivity index (χ0n) is 18.3. The van der Waals surface area contributed by atoms with Gasteiger partial charge in [-0.2, -0.15) is 0 Å². The zero-order chi connectivity index (χ0) is 21.3. The molecule has 1 amide bonds. The van der Waals surface area contributed by atoms with Crippen molar-refractivity contribution in [2.45, 2.75) is 84.0 Å². The van der Waals surface area contributed by atoms with Gasteiger partial charge >= 0.3 is 5.97 Å². The van der Waals surface area contributed by atoms with E-state index in [0.29, 0.717) is 17.2 Å². The normalized spacial score (nSPS) is 10.7. The van der Waals surface area contributed by atoms with Crippen LogP contribution in [-0.4, -0.2) is 37.0 Å². The third-order valence-corrected chi connectivity index (χ3v) is 5.32. The van der Waals surface area contributed by atoms with Crippen molar-refractivity contribution in [1.29, 1.82) is 0 Å². The largest absolute Gasteiger partial charge is 0.464 e. The number of hydrogen-bond donors (Lipinski definition) is 0. The molecule has 4 nitrogen and oxygen atoms in total. The number of halogens is 1. The molecule has 0 aliphatic carbocycles. The van der Waals surface area contributed by atoms with E-state index in [9.17, 15) is 9.59 Å². The molecule has 0 atom stereocenters. The molecule has 1 rings (SSSR count). The summed E-state index contributed by atoms with van der Waals surface area (Å²) in [5.74, 6) is -0.582. The fraction of sp³-hybridized carbons (Fsp3) is 0.667. The number of carbonyl (C=O) groups is 2. The van der Waals surface area contributed by atoms with Gasteiger partial charge in [0.2, 0.25) is 0 Å². The molecule has 0 unspecified atom stereocenters. The number of amides is 1.